The summed E-state index contributed by atoms with van der Waals surface area (Å²) in [7, 11) is 1.18. The Morgan fingerprint density at radius 3 is 2.30 bits per heavy atom. The maximum Gasteiger partial charge on any atom is 0.313 e. The monoisotopic (exact) mass is 412 g/mol. The Morgan fingerprint density at radius 1 is 1.03 bits per heavy atom. The number of rotatable bonds is 2. The molecule has 156 valence electrons. The van der Waals surface area contributed by atoms with Crippen LogP contribution in [0.1, 0.15) is 74.8 Å². The number of phenols is 3. The summed E-state index contributed by atoms with van der Waals surface area (Å²) in [5.41, 5.74) is -1.64. The highest BCUT2D eigenvalue weighted by atomic mass is 16.5. The molecule has 2 aromatic rings. The number of esters is 1. The molecule has 0 aliphatic heterocycles. The number of aliphatic hydroxyl groups is 1. The molecule has 8 nitrogen and oxygen atoms in total. The molecule has 3 atom stereocenters. The number of methoxy groups -OCH3 is 1. The summed E-state index contributed by atoms with van der Waals surface area (Å²) >= 11 is 0. The van der Waals surface area contributed by atoms with Gasteiger partial charge >= 0.3 is 5.97 Å². The summed E-state index contributed by atoms with van der Waals surface area (Å²) in [6.45, 7) is 1.81. The fourth-order valence-corrected chi connectivity index (χ4v) is 4.70. The number of carbonyl (C=O) groups excluding carboxylic acids is 3. The molecule has 0 saturated carbocycles. The SMILES string of the molecule is CCC1CC(O)c2c(O)c3c(c(O)c2C1C(=O)OC)C(=O)c1cccc(O)c1C3=O. The first-order valence-electron chi connectivity index (χ1n) is 9.53. The van der Waals surface area contributed by atoms with Crippen molar-refractivity contribution in [2.75, 3.05) is 7.11 Å². The van der Waals surface area contributed by atoms with Crippen molar-refractivity contribution in [3.8, 4) is 17.2 Å². The number of aromatic hydroxyl groups is 3. The molecule has 0 bridgehead atoms. The van der Waals surface area contributed by atoms with Crippen LogP contribution in [-0.2, 0) is 9.53 Å². The van der Waals surface area contributed by atoms with E-state index in [2.05, 4.69) is 0 Å². The summed E-state index contributed by atoms with van der Waals surface area (Å²) < 4.78 is 4.87. The van der Waals surface area contributed by atoms with Crippen molar-refractivity contribution in [3.05, 3.63) is 51.6 Å². The number of ketones is 2. The highest BCUT2D eigenvalue weighted by Gasteiger charge is 2.47. The van der Waals surface area contributed by atoms with Crippen LogP contribution in [0.2, 0.25) is 0 Å². The van der Waals surface area contributed by atoms with Gasteiger partial charge in [-0.2, -0.15) is 0 Å². The van der Waals surface area contributed by atoms with Crippen LogP contribution < -0.4 is 0 Å². The molecule has 0 aromatic heterocycles. The second-order valence-electron chi connectivity index (χ2n) is 7.55. The molecule has 0 spiro atoms. The first-order chi connectivity index (χ1) is 14.2. The Balaban J connectivity index is 2.09. The molecule has 2 aliphatic rings. The third-order valence-electron chi connectivity index (χ3n) is 6.11. The topological polar surface area (TPSA) is 141 Å². The van der Waals surface area contributed by atoms with Gasteiger partial charge in [0.05, 0.1) is 35.8 Å². The first kappa shape index (κ1) is 19.9. The van der Waals surface area contributed by atoms with Gasteiger partial charge in [0.15, 0.2) is 5.78 Å². The number of phenolic OH excluding ortho intramolecular Hbond substituents is 3. The smallest absolute Gasteiger partial charge is 0.313 e. The van der Waals surface area contributed by atoms with Crippen LogP contribution in [0, 0.1) is 5.92 Å². The highest BCUT2D eigenvalue weighted by Crippen LogP contribution is 2.54. The lowest BCUT2D eigenvalue weighted by molar-refractivity contribution is -0.144. The van der Waals surface area contributed by atoms with Crippen molar-refractivity contribution in [2.24, 2.45) is 5.92 Å². The summed E-state index contributed by atoms with van der Waals surface area (Å²) in [6.07, 6.45) is -0.702. The van der Waals surface area contributed by atoms with Crippen LogP contribution in [-0.4, -0.2) is 45.1 Å². The number of hydrogen-bond donors (Lipinski definition) is 4. The van der Waals surface area contributed by atoms with E-state index in [4.69, 9.17) is 4.74 Å². The van der Waals surface area contributed by atoms with Gasteiger partial charge < -0.3 is 25.2 Å². The molecule has 0 heterocycles. The van der Waals surface area contributed by atoms with Gasteiger partial charge in [-0.3, -0.25) is 14.4 Å². The molecule has 30 heavy (non-hydrogen) atoms. The molecule has 8 heteroatoms. The van der Waals surface area contributed by atoms with Gasteiger partial charge in [0.2, 0.25) is 5.78 Å². The predicted octanol–water partition coefficient (Wildman–Crippen LogP) is 2.30. The van der Waals surface area contributed by atoms with Crippen LogP contribution in [0.4, 0.5) is 0 Å². The molecule has 4 N–H and O–H groups in total. The van der Waals surface area contributed by atoms with Gasteiger partial charge in [0.25, 0.3) is 0 Å². The van der Waals surface area contributed by atoms with Gasteiger partial charge in [-0.15, -0.1) is 0 Å². The average molecular weight is 412 g/mol. The van der Waals surface area contributed by atoms with E-state index >= 15 is 0 Å². The van der Waals surface area contributed by atoms with Crippen LogP contribution >= 0.6 is 0 Å². The largest absolute Gasteiger partial charge is 0.507 e. The number of fused-ring (bicyclic) bond motifs is 3. The van der Waals surface area contributed by atoms with E-state index in [1.54, 1.807) is 6.92 Å². The molecule has 3 unspecified atom stereocenters. The zero-order valence-corrected chi connectivity index (χ0v) is 16.3. The molecule has 0 amide bonds. The predicted molar refractivity (Wildman–Crippen MR) is 103 cm³/mol. The maximum absolute atomic E-state index is 13.1. The fraction of sp³-hybridized carbons (Fsp3) is 0.318. The maximum atomic E-state index is 13.1. The van der Waals surface area contributed by atoms with E-state index in [-0.39, 0.29) is 28.7 Å². The number of ether oxygens (including phenoxy) is 1. The van der Waals surface area contributed by atoms with Crippen molar-refractivity contribution in [1.29, 1.82) is 0 Å². The minimum Gasteiger partial charge on any atom is -0.507 e. The van der Waals surface area contributed by atoms with Gasteiger partial charge in [0, 0.05) is 16.7 Å². The molecule has 0 radical (unpaired) electrons. The zero-order chi connectivity index (χ0) is 21.9. The van der Waals surface area contributed by atoms with Crippen LogP contribution in [0.15, 0.2) is 18.2 Å². The molecular formula is C22H20O8. The van der Waals surface area contributed by atoms with E-state index in [1.165, 1.54) is 25.3 Å². The summed E-state index contributed by atoms with van der Waals surface area (Å²) in [5.74, 6) is -5.50. The second-order valence-corrected chi connectivity index (χ2v) is 7.55. The molecule has 2 aliphatic carbocycles. The molecule has 2 aromatic carbocycles. The molecular weight excluding hydrogens is 392 g/mol. The molecule has 0 saturated heterocycles. The lowest BCUT2D eigenvalue weighted by atomic mass is 9.69. The Morgan fingerprint density at radius 2 is 1.67 bits per heavy atom. The number of aliphatic hydroxyl groups excluding tert-OH is 1. The Bertz CT molecular complexity index is 1120. The van der Waals surface area contributed by atoms with Crippen LogP contribution in [0.3, 0.4) is 0 Å². The minimum absolute atomic E-state index is 0.0963. The zero-order valence-electron chi connectivity index (χ0n) is 16.3. The van der Waals surface area contributed by atoms with E-state index in [0.717, 1.165) is 0 Å². The molecule has 4 rings (SSSR count). The Hall–Kier alpha value is -3.39. The standard InChI is InChI=1S/C22H20O8/c1-3-8-7-11(24)14-15(12(8)22(29)30-2)21(28)16-17(20(14)27)19(26)13-9(18(16)25)5-4-6-10(13)23/h4-6,8,11-12,23-24,27-28H,3,7H2,1-2H3. The first-order valence-corrected chi connectivity index (χ1v) is 9.53. The van der Waals surface area contributed by atoms with Crippen molar-refractivity contribution in [2.45, 2.75) is 31.8 Å². The van der Waals surface area contributed by atoms with Gasteiger partial charge in [0.1, 0.15) is 17.2 Å². The number of carbonyl (C=O) groups is 3. The van der Waals surface area contributed by atoms with Crippen molar-refractivity contribution >= 4 is 17.5 Å². The Labute approximate surface area is 171 Å². The number of benzene rings is 2. The van der Waals surface area contributed by atoms with Crippen molar-refractivity contribution < 1.29 is 39.5 Å². The number of hydrogen-bond acceptors (Lipinski definition) is 8. The van der Waals surface area contributed by atoms with E-state index in [1.807, 2.05) is 0 Å². The quantitative estimate of drug-likeness (QED) is 0.371. The average Bonchev–Trinajstić information content (AvgIpc) is 2.72. The summed E-state index contributed by atoms with van der Waals surface area (Å²) in [4.78, 5) is 38.8. The van der Waals surface area contributed by atoms with Gasteiger partial charge in [-0.1, -0.05) is 25.5 Å². The second kappa shape index (κ2) is 6.84. The normalized spacial score (nSPS) is 22.2. The van der Waals surface area contributed by atoms with Crippen LogP contribution in [0.5, 0.6) is 17.2 Å². The van der Waals surface area contributed by atoms with Gasteiger partial charge in [-0.25, -0.2) is 0 Å². The molecule has 0 fully saturated rings. The minimum atomic E-state index is -1.27. The lowest BCUT2D eigenvalue weighted by Crippen LogP contribution is -2.32. The van der Waals surface area contributed by atoms with Gasteiger partial charge in [-0.05, 0) is 18.4 Å². The third kappa shape index (κ3) is 2.46. The lowest BCUT2D eigenvalue weighted by Gasteiger charge is -2.36. The van der Waals surface area contributed by atoms with E-state index in [9.17, 15) is 34.8 Å². The van der Waals surface area contributed by atoms with E-state index in [0.29, 0.717) is 6.42 Å². The summed E-state index contributed by atoms with van der Waals surface area (Å²) in [5, 5.41) is 42.8. The highest BCUT2D eigenvalue weighted by molar-refractivity contribution is 6.31. The van der Waals surface area contributed by atoms with Crippen molar-refractivity contribution in [3.63, 3.8) is 0 Å². The Kier molecular flexibility index (Phi) is 4.54. The fourth-order valence-electron chi connectivity index (χ4n) is 4.70. The van der Waals surface area contributed by atoms with Crippen LogP contribution in [0.25, 0.3) is 0 Å². The summed E-state index contributed by atoms with van der Waals surface area (Å²) in [6, 6.07) is 3.95. The third-order valence-corrected chi connectivity index (χ3v) is 6.11. The van der Waals surface area contributed by atoms with E-state index < -0.39 is 63.9 Å². The van der Waals surface area contributed by atoms with Crippen molar-refractivity contribution in [1.82, 2.24) is 0 Å².